The molecule has 0 spiro atoms. The first-order chi connectivity index (χ1) is 11.7. The Morgan fingerprint density at radius 3 is 2.75 bits per heavy atom. The third-order valence-corrected chi connectivity index (χ3v) is 3.71. The van der Waals surface area contributed by atoms with E-state index in [0.29, 0.717) is 23.6 Å². The predicted octanol–water partition coefficient (Wildman–Crippen LogP) is 4.16. The zero-order valence-corrected chi connectivity index (χ0v) is 14.0. The molecule has 5 heteroatoms. The molecule has 2 aromatic carbocycles. The third-order valence-electron chi connectivity index (χ3n) is 3.34. The van der Waals surface area contributed by atoms with Gasteiger partial charge < -0.3 is 15.2 Å². The fourth-order valence-corrected chi connectivity index (χ4v) is 2.25. The minimum absolute atomic E-state index is 0.0880. The summed E-state index contributed by atoms with van der Waals surface area (Å²) < 4.78 is 5.12. The summed E-state index contributed by atoms with van der Waals surface area (Å²) in [4.78, 5) is 11.6. The van der Waals surface area contributed by atoms with E-state index < -0.39 is 6.09 Å². The average molecular weight is 346 g/mol. The number of hydrogen-bond acceptors (Lipinski definition) is 3. The number of benzene rings is 2. The van der Waals surface area contributed by atoms with Gasteiger partial charge in [-0.2, -0.15) is 0 Å². The molecular formula is C19H20ClNO3. The molecule has 0 unspecified atom stereocenters. The molecule has 0 aromatic heterocycles. The van der Waals surface area contributed by atoms with Crippen LogP contribution in [-0.2, 0) is 18.0 Å². The molecule has 0 heterocycles. The van der Waals surface area contributed by atoms with Crippen LogP contribution in [0.3, 0.4) is 0 Å². The van der Waals surface area contributed by atoms with Gasteiger partial charge in [0, 0.05) is 11.6 Å². The fourth-order valence-electron chi connectivity index (χ4n) is 2.07. The minimum atomic E-state index is -0.429. The Labute approximate surface area is 146 Å². The summed E-state index contributed by atoms with van der Waals surface area (Å²) in [5.74, 6) is 0. The van der Waals surface area contributed by atoms with Crippen LogP contribution < -0.4 is 5.32 Å². The van der Waals surface area contributed by atoms with Gasteiger partial charge in [0.25, 0.3) is 0 Å². The van der Waals surface area contributed by atoms with Gasteiger partial charge in [0.05, 0.1) is 6.61 Å². The number of hydrogen-bond donors (Lipinski definition) is 2. The summed E-state index contributed by atoms with van der Waals surface area (Å²) in [7, 11) is 0. The van der Waals surface area contributed by atoms with Crippen LogP contribution in [0.5, 0.6) is 0 Å². The lowest BCUT2D eigenvalue weighted by Crippen LogP contribution is -2.24. The molecule has 0 aliphatic rings. The van der Waals surface area contributed by atoms with Crippen molar-refractivity contribution in [3.05, 3.63) is 76.3 Å². The van der Waals surface area contributed by atoms with Gasteiger partial charge in [-0.1, -0.05) is 60.2 Å². The first-order valence-corrected chi connectivity index (χ1v) is 8.07. The van der Waals surface area contributed by atoms with E-state index in [9.17, 15) is 9.90 Å². The van der Waals surface area contributed by atoms with E-state index in [0.717, 1.165) is 11.1 Å². The minimum Gasteiger partial charge on any atom is -0.445 e. The fraction of sp³-hybridized carbons (Fsp3) is 0.211. The van der Waals surface area contributed by atoms with Crippen LogP contribution in [0.4, 0.5) is 4.79 Å². The third kappa shape index (κ3) is 6.07. The van der Waals surface area contributed by atoms with E-state index in [4.69, 9.17) is 16.3 Å². The number of rotatable bonds is 7. The molecule has 0 saturated heterocycles. The second-order valence-corrected chi connectivity index (χ2v) is 5.60. The number of aliphatic hydroxyl groups excluding tert-OH is 1. The highest BCUT2D eigenvalue weighted by atomic mass is 35.5. The van der Waals surface area contributed by atoms with Gasteiger partial charge in [-0.15, -0.1) is 0 Å². The smallest absolute Gasteiger partial charge is 0.407 e. The molecule has 0 atom stereocenters. The Morgan fingerprint density at radius 1 is 1.21 bits per heavy atom. The predicted molar refractivity (Wildman–Crippen MR) is 95.7 cm³/mol. The molecule has 24 heavy (non-hydrogen) atoms. The number of halogens is 1. The van der Waals surface area contributed by atoms with Gasteiger partial charge in [0.2, 0.25) is 0 Å². The van der Waals surface area contributed by atoms with E-state index in [-0.39, 0.29) is 13.2 Å². The van der Waals surface area contributed by atoms with Gasteiger partial charge in [0.1, 0.15) is 6.61 Å². The number of carbonyl (C=O) groups excluding carboxylic acids is 1. The number of aliphatic hydroxyl groups is 1. The van der Waals surface area contributed by atoms with Crippen molar-refractivity contribution in [2.45, 2.75) is 19.6 Å². The standard InChI is InChI=1S/C19H20ClNO3/c20-18-10-9-15(12-17(18)13-22)6-4-5-11-21-19(23)24-14-16-7-2-1-3-8-16/h1-4,6-10,12,22H,5,11,13-14H2,(H,21,23). The quantitative estimate of drug-likeness (QED) is 0.741. The van der Waals surface area contributed by atoms with E-state index in [1.807, 2.05) is 54.6 Å². The van der Waals surface area contributed by atoms with E-state index in [2.05, 4.69) is 5.32 Å². The average Bonchev–Trinajstić information content (AvgIpc) is 2.62. The van der Waals surface area contributed by atoms with Crippen molar-refractivity contribution in [3.8, 4) is 0 Å². The summed E-state index contributed by atoms with van der Waals surface area (Å²) in [5, 5.41) is 12.4. The van der Waals surface area contributed by atoms with Gasteiger partial charge >= 0.3 is 6.09 Å². The molecular weight excluding hydrogens is 326 g/mol. The highest BCUT2D eigenvalue weighted by molar-refractivity contribution is 6.31. The van der Waals surface area contributed by atoms with E-state index >= 15 is 0 Å². The van der Waals surface area contributed by atoms with Crippen molar-refractivity contribution in [3.63, 3.8) is 0 Å². The number of amides is 1. The summed E-state index contributed by atoms with van der Waals surface area (Å²) in [6.45, 7) is 0.664. The summed E-state index contributed by atoms with van der Waals surface area (Å²) >= 11 is 5.94. The monoisotopic (exact) mass is 345 g/mol. The van der Waals surface area contributed by atoms with Crippen molar-refractivity contribution in [2.75, 3.05) is 6.54 Å². The van der Waals surface area contributed by atoms with Crippen LogP contribution in [0.25, 0.3) is 6.08 Å². The van der Waals surface area contributed by atoms with E-state index in [1.165, 1.54) is 0 Å². The second-order valence-electron chi connectivity index (χ2n) is 5.19. The lowest BCUT2D eigenvalue weighted by molar-refractivity contribution is 0.140. The summed E-state index contributed by atoms with van der Waals surface area (Å²) in [6.07, 6.45) is 4.12. The zero-order valence-electron chi connectivity index (χ0n) is 13.2. The summed E-state index contributed by atoms with van der Waals surface area (Å²) in [5.41, 5.74) is 2.60. The maximum absolute atomic E-state index is 11.6. The number of ether oxygens (including phenoxy) is 1. The van der Waals surface area contributed by atoms with E-state index in [1.54, 1.807) is 6.07 Å². The maximum atomic E-state index is 11.6. The van der Waals surface area contributed by atoms with Crippen molar-refractivity contribution in [2.24, 2.45) is 0 Å². The molecule has 0 radical (unpaired) electrons. The molecule has 0 aliphatic carbocycles. The molecule has 2 aromatic rings. The van der Waals surface area contributed by atoms with Crippen LogP contribution in [0.1, 0.15) is 23.1 Å². The van der Waals surface area contributed by atoms with Crippen LogP contribution in [0, 0.1) is 0 Å². The zero-order chi connectivity index (χ0) is 17.2. The van der Waals surface area contributed by atoms with Gasteiger partial charge in [-0.3, -0.25) is 0 Å². The van der Waals surface area contributed by atoms with Crippen molar-refractivity contribution in [1.29, 1.82) is 0 Å². The molecule has 0 saturated carbocycles. The SMILES string of the molecule is O=C(NCCC=Cc1ccc(Cl)c(CO)c1)OCc1ccccc1. The Morgan fingerprint density at radius 2 is 2.00 bits per heavy atom. The van der Waals surface area contributed by atoms with Gasteiger partial charge in [-0.25, -0.2) is 4.79 Å². The highest BCUT2D eigenvalue weighted by Crippen LogP contribution is 2.18. The summed E-state index contributed by atoms with van der Waals surface area (Å²) in [6, 6.07) is 15.0. The maximum Gasteiger partial charge on any atom is 0.407 e. The first kappa shape index (κ1) is 18.0. The van der Waals surface area contributed by atoms with Crippen LogP contribution in [0.2, 0.25) is 5.02 Å². The van der Waals surface area contributed by atoms with Crippen molar-refractivity contribution < 1.29 is 14.6 Å². The molecule has 1 amide bonds. The molecule has 0 aliphatic heterocycles. The lowest BCUT2D eigenvalue weighted by atomic mass is 10.1. The molecule has 4 nitrogen and oxygen atoms in total. The van der Waals surface area contributed by atoms with Crippen LogP contribution >= 0.6 is 11.6 Å². The molecule has 2 rings (SSSR count). The molecule has 2 N–H and O–H groups in total. The second kappa shape index (κ2) is 9.75. The normalized spacial score (nSPS) is 10.8. The topological polar surface area (TPSA) is 58.6 Å². The number of nitrogens with one attached hydrogen (secondary N) is 1. The molecule has 0 fully saturated rings. The Bertz CT molecular complexity index is 686. The van der Waals surface area contributed by atoms with Crippen molar-refractivity contribution >= 4 is 23.8 Å². The first-order valence-electron chi connectivity index (χ1n) is 7.69. The van der Waals surface area contributed by atoms with Crippen LogP contribution in [-0.4, -0.2) is 17.7 Å². The Hall–Kier alpha value is -2.30. The Balaban J connectivity index is 1.67. The van der Waals surface area contributed by atoms with Crippen LogP contribution in [0.15, 0.2) is 54.6 Å². The van der Waals surface area contributed by atoms with Gasteiger partial charge in [-0.05, 0) is 35.2 Å². The lowest BCUT2D eigenvalue weighted by Gasteiger charge is -2.06. The molecule has 0 bridgehead atoms. The largest absolute Gasteiger partial charge is 0.445 e. The highest BCUT2D eigenvalue weighted by Gasteiger charge is 2.01. The number of carbonyl (C=O) groups is 1. The molecule has 126 valence electrons. The van der Waals surface area contributed by atoms with Crippen molar-refractivity contribution in [1.82, 2.24) is 5.32 Å². The Kier molecular flexibility index (Phi) is 7.33. The number of alkyl carbamates (subject to hydrolysis) is 1. The van der Waals surface area contributed by atoms with Gasteiger partial charge in [0.15, 0.2) is 0 Å².